The SMILES string of the molecule is C=CCOc1ccc2c(c1)C(=N)CC2. The van der Waals surface area contributed by atoms with E-state index in [2.05, 4.69) is 12.6 Å². The number of nitrogens with one attached hydrogen (secondary N) is 1. The Hall–Kier alpha value is -1.57. The molecule has 0 amide bonds. The lowest BCUT2D eigenvalue weighted by molar-refractivity contribution is 0.363. The van der Waals surface area contributed by atoms with Gasteiger partial charge in [0.1, 0.15) is 12.4 Å². The number of ether oxygens (including phenoxy) is 1. The molecule has 2 nitrogen and oxygen atoms in total. The Bertz CT molecular complexity index is 382. The minimum Gasteiger partial charge on any atom is -0.490 e. The van der Waals surface area contributed by atoms with E-state index in [1.54, 1.807) is 6.08 Å². The summed E-state index contributed by atoms with van der Waals surface area (Å²) in [5.41, 5.74) is 3.04. The van der Waals surface area contributed by atoms with Crippen LogP contribution < -0.4 is 4.74 Å². The summed E-state index contributed by atoms with van der Waals surface area (Å²) >= 11 is 0. The van der Waals surface area contributed by atoms with E-state index >= 15 is 0 Å². The highest BCUT2D eigenvalue weighted by Gasteiger charge is 2.16. The molecule has 0 radical (unpaired) electrons. The fourth-order valence-electron chi connectivity index (χ4n) is 1.69. The van der Waals surface area contributed by atoms with Gasteiger partial charge in [-0.2, -0.15) is 0 Å². The fraction of sp³-hybridized carbons (Fsp3) is 0.250. The van der Waals surface area contributed by atoms with Crippen LogP contribution in [-0.2, 0) is 6.42 Å². The van der Waals surface area contributed by atoms with Gasteiger partial charge >= 0.3 is 0 Å². The van der Waals surface area contributed by atoms with Crippen LogP contribution >= 0.6 is 0 Å². The van der Waals surface area contributed by atoms with Gasteiger partial charge in [-0.05, 0) is 30.5 Å². The van der Waals surface area contributed by atoms with Gasteiger partial charge in [-0.1, -0.05) is 18.7 Å². The average molecular weight is 187 g/mol. The van der Waals surface area contributed by atoms with Crippen molar-refractivity contribution in [2.24, 2.45) is 0 Å². The van der Waals surface area contributed by atoms with Crippen LogP contribution in [0.5, 0.6) is 5.75 Å². The second-order valence-electron chi connectivity index (χ2n) is 3.40. The average Bonchev–Trinajstić information content (AvgIpc) is 2.57. The lowest BCUT2D eigenvalue weighted by atomic mass is 10.1. The molecule has 1 aromatic carbocycles. The molecule has 1 aliphatic rings. The zero-order chi connectivity index (χ0) is 9.97. The van der Waals surface area contributed by atoms with Gasteiger partial charge in [-0.3, -0.25) is 0 Å². The molecule has 14 heavy (non-hydrogen) atoms. The number of hydrogen-bond donors (Lipinski definition) is 1. The maximum atomic E-state index is 7.73. The molecule has 0 heterocycles. The van der Waals surface area contributed by atoms with Gasteiger partial charge in [0.15, 0.2) is 0 Å². The molecule has 1 N–H and O–H groups in total. The van der Waals surface area contributed by atoms with Crippen molar-refractivity contribution in [1.29, 1.82) is 5.41 Å². The van der Waals surface area contributed by atoms with Gasteiger partial charge in [-0.25, -0.2) is 0 Å². The molecule has 2 heteroatoms. The summed E-state index contributed by atoms with van der Waals surface area (Å²) < 4.78 is 5.41. The molecular weight excluding hydrogens is 174 g/mol. The minimum atomic E-state index is 0.520. The first-order valence-corrected chi connectivity index (χ1v) is 4.75. The van der Waals surface area contributed by atoms with Crippen molar-refractivity contribution in [3.05, 3.63) is 42.0 Å². The molecule has 1 aliphatic carbocycles. The second kappa shape index (κ2) is 3.66. The van der Waals surface area contributed by atoms with E-state index in [4.69, 9.17) is 10.1 Å². The first-order chi connectivity index (χ1) is 6.81. The van der Waals surface area contributed by atoms with Gasteiger partial charge in [-0.15, -0.1) is 0 Å². The van der Waals surface area contributed by atoms with E-state index in [-0.39, 0.29) is 0 Å². The van der Waals surface area contributed by atoms with Crippen LogP contribution in [0.1, 0.15) is 17.5 Å². The second-order valence-corrected chi connectivity index (χ2v) is 3.40. The largest absolute Gasteiger partial charge is 0.490 e. The summed E-state index contributed by atoms with van der Waals surface area (Å²) in [4.78, 5) is 0. The lowest BCUT2D eigenvalue weighted by Crippen LogP contribution is -1.96. The van der Waals surface area contributed by atoms with E-state index in [9.17, 15) is 0 Å². The molecule has 0 saturated carbocycles. The van der Waals surface area contributed by atoms with E-state index < -0.39 is 0 Å². The van der Waals surface area contributed by atoms with Crippen LogP contribution in [0.4, 0.5) is 0 Å². The van der Waals surface area contributed by atoms with Crippen molar-refractivity contribution < 1.29 is 4.74 Å². The summed E-state index contributed by atoms with van der Waals surface area (Å²) in [6.45, 7) is 4.12. The highest BCUT2D eigenvalue weighted by atomic mass is 16.5. The monoisotopic (exact) mass is 187 g/mol. The molecule has 0 aromatic heterocycles. The molecule has 0 spiro atoms. The maximum absolute atomic E-state index is 7.73. The Balaban J connectivity index is 2.25. The first-order valence-electron chi connectivity index (χ1n) is 4.75. The quantitative estimate of drug-likeness (QED) is 0.725. The van der Waals surface area contributed by atoms with Crippen LogP contribution in [0.3, 0.4) is 0 Å². The molecule has 0 bridgehead atoms. The van der Waals surface area contributed by atoms with Gasteiger partial charge in [0.25, 0.3) is 0 Å². The third kappa shape index (κ3) is 1.55. The summed E-state index contributed by atoms with van der Waals surface area (Å²) in [6.07, 6.45) is 3.58. The minimum absolute atomic E-state index is 0.520. The van der Waals surface area contributed by atoms with Crippen molar-refractivity contribution in [1.82, 2.24) is 0 Å². The van der Waals surface area contributed by atoms with Crippen molar-refractivity contribution >= 4 is 5.71 Å². The summed E-state index contributed by atoms with van der Waals surface area (Å²) in [7, 11) is 0. The third-order valence-corrected chi connectivity index (χ3v) is 2.42. The molecule has 0 aliphatic heterocycles. The van der Waals surface area contributed by atoms with Crippen LogP contribution in [0.15, 0.2) is 30.9 Å². The number of aryl methyl sites for hydroxylation is 1. The number of rotatable bonds is 3. The highest BCUT2D eigenvalue weighted by Crippen LogP contribution is 2.25. The smallest absolute Gasteiger partial charge is 0.120 e. The van der Waals surface area contributed by atoms with E-state index in [0.29, 0.717) is 6.61 Å². The highest BCUT2D eigenvalue weighted by molar-refractivity contribution is 6.02. The van der Waals surface area contributed by atoms with Crippen molar-refractivity contribution in [2.45, 2.75) is 12.8 Å². The summed E-state index contributed by atoms with van der Waals surface area (Å²) in [5.74, 6) is 0.829. The molecular formula is C12H13NO. The van der Waals surface area contributed by atoms with Crippen molar-refractivity contribution in [2.75, 3.05) is 6.61 Å². The Labute approximate surface area is 83.7 Å². The fourth-order valence-corrected chi connectivity index (χ4v) is 1.69. The predicted octanol–water partition coefficient (Wildman–Crippen LogP) is 2.57. The molecule has 72 valence electrons. The molecule has 0 saturated heterocycles. The van der Waals surface area contributed by atoms with Gasteiger partial charge in [0, 0.05) is 11.3 Å². The molecule has 0 unspecified atom stereocenters. The lowest BCUT2D eigenvalue weighted by Gasteiger charge is -2.05. The van der Waals surface area contributed by atoms with Crippen LogP contribution in [0.25, 0.3) is 0 Å². The standard InChI is InChI=1S/C12H13NO/c1-2-7-14-10-5-3-9-4-6-12(13)11(9)8-10/h2-3,5,8,13H,1,4,6-7H2. The maximum Gasteiger partial charge on any atom is 0.120 e. The number of fused-ring (bicyclic) bond motifs is 1. The summed E-state index contributed by atoms with van der Waals surface area (Å²) in [6, 6.07) is 5.96. The van der Waals surface area contributed by atoms with E-state index in [1.165, 1.54) is 5.56 Å². The number of benzene rings is 1. The first kappa shape index (κ1) is 9.00. The molecule has 1 aromatic rings. The number of hydrogen-bond acceptors (Lipinski definition) is 2. The Morgan fingerprint density at radius 3 is 3.07 bits per heavy atom. The summed E-state index contributed by atoms with van der Waals surface area (Å²) in [5, 5.41) is 7.73. The zero-order valence-electron chi connectivity index (χ0n) is 8.05. The Morgan fingerprint density at radius 1 is 1.43 bits per heavy atom. The Kier molecular flexibility index (Phi) is 2.35. The van der Waals surface area contributed by atoms with Gasteiger partial charge < -0.3 is 10.1 Å². The topological polar surface area (TPSA) is 33.1 Å². The molecule has 0 atom stereocenters. The van der Waals surface area contributed by atoms with E-state index in [0.717, 1.165) is 29.9 Å². The molecule has 2 rings (SSSR count). The van der Waals surface area contributed by atoms with E-state index in [1.807, 2.05) is 12.1 Å². The van der Waals surface area contributed by atoms with Crippen molar-refractivity contribution in [3.8, 4) is 5.75 Å². The van der Waals surface area contributed by atoms with Crippen LogP contribution in [-0.4, -0.2) is 12.3 Å². The third-order valence-electron chi connectivity index (χ3n) is 2.42. The van der Waals surface area contributed by atoms with Crippen LogP contribution in [0, 0.1) is 5.41 Å². The van der Waals surface area contributed by atoms with Gasteiger partial charge in [0.2, 0.25) is 0 Å². The normalized spacial score (nSPS) is 13.9. The molecule has 0 fully saturated rings. The van der Waals surface area contributed by atoms with Gasteiger partial charge in [0.05, 0.1) is 0 Å². The predicted molar refractivity (Wildman–Crippen MR) is 57.3 cm³/mol. The zero-order valence-corrected chi connectivity index (χ0v) is 8.05. The van der Waals surface area contributed by atoms with Crippen LogP contribution in [0.2, 0.25) is 0 Å². The van der Waals surface area contributed by atoms with Crippen molar-refractivity contribution in [3.63, 3.8) is 0 Å². The Morgan fingerprint density at radius 2 is 2.29 bits per heavy atom.